The molecule has 0 fully saturated rings. The van der Waals surface area contributed by atoms with E-state index in [9.17, 15) is 4.79 Å². The number of hydrogen-bond donors (Lipinski definition) is 0. The lowest BCUT2D eigenvalue weighted by Crippen LogP contribution is -2.10. The van der Waals surface area contributed by atoms with E-state index in [-0.39, 0.29) is 11.3 Å². The zero-order valence-corrected chi connectivity index (χ0v) is 11.8. The number of ether oxygens (including phenoxy) is 1. The van der Waals surface area contributed by atoms with E-state index >= 15 is 0 Å². The Morgan fingerprint density at radius 2 is 1.95 bits per heavy atom. The Kier molecular flexibility index (Phi) is 2.45. The van der Waals surface area contributed by atoms with Crippen molar-refractivity contribution < 1.29 is 9.15 Å². The summed E-state index contributed by atoms with van der Waals surface area (Å²) in [7, 11) is 1.65. The highest BCUT2D eigenvalue weighted by Crippen LogP contribution is 2.45. The average Bonchev–Trinajstić information content (AvgIpc) is 2.80. The second kappa shape index (κ2) is 4.22. The summed E-state index contributed by atoms with van der Waals surface area (Å²) in [5, 5.41) is 0.642. The first kappa shape index (κ1) is 12.2. The van der Waals surface area contributed by atoms with Crippen LogP contribution in [0.4, 0.5) is 0 Å². The zero-order valence-electron chi connectivity index (χ0n) is 11.8. The third-order valence-corrected chi connectivity index (χ3v) is 4.24. The van der Waals surface area contributed by atoms with Gasteiger partial charge in [0.2, 0.25) is 0 Å². The number of benzene rings is 2. The SMILES string of the molecule is COc1ccc2c(c1)C(C)c1c-2oc2ccccc2c1=O. The van der Waals surface area contributed by atoms with Gasteiger partial charge in [-0.25, -0.2) is 0 Å². The van der Waals surface area contributed by atoms with Crippen LogP contribution in [0.15, 0.2) is 51.7 Å². The fourth-order valence-electron chi connectivity index (χ4n) is 3.14. The van der Waals surface area contributed by atoms with Crippen LogP contribution >= 0.6 is 0 Å². The summed E-state index contributed by atoms with van der Waals surface area (Å²) in [4.78, 5) is 12.8. The third kappa shape index (κ3) is 1.57. The topological polar surface area (TPSA) is 39.4 Å². The number of methoxy groups -OCH3 is 1. The quantitative estimate of drug-likeness (QED) is 0.677. The molecule has 2 aromatic carbocycles. The molecule has 3 aromatic rings. The maximum absolute atomic E-state index is 12.8. The van der Waals surface area contributed by atoms with Gasteiger partial charge in [-0.05, 0) is 35.9 Å². The molecule has 3 heteroatoms. The summed E-state index contributed by atoms with van der Waals surface area (Å²) in [5.41, 5.74) is 3.52. The van der Waals surface area contributed by atoms with Crippen LogP contribution in [0.1, 0.15) is 24.0 Å². The van der Waals surface area contributed by atoms with Gasteiger partial charge in [0.15, 0.2) is 5.43 Å². The number of fused-ring (bicyclic) bond motifs is 4. The van der Waals surface area contributed by atoms with Gasteiger partial charge in [0.1, 0.15) is 17.1 Å². The van der Waals surface area contributed by atoms with Crippen molar-refractivity contribution in [3.63, 3.8) is 0 Å². The van der Waals surface area contributed by atoms with Gasteiger partial charge in [0.05, 0.1) is 18.1 Å². The molecule has 1 atom stereocenters. The number of para-hydroxylation sites is 1. The van der Waals surface area contributed by atoms with E-state index in [0.717, 1.165) is 22.4 Å². The zero-order chi connectivity index (χ0) is 14.6. The van der Waals surface area contributed by atoms with E-state index in [1.165, 1.54) is 0 Å². The second-order valence-corrected chi connectivity index (χ2v) is 5.35. The minimum absolute atomic E-state index is 0.0194. The van der Waals surface area contributed by atoms with Crippen molar-refractivity contribution >= 4 is 11.0 Å². The summed E-state index contributed by atoms with van der Waals surface area (Å²) < 4.78 is 11.3. The largest absolute Gasteiger partial charge is 0.497 e. The van der Waals surface area contributed by atoms with Crippen LogP contribution in [0.2, 0.25) is 0 Å². The molecular formula is C18H14O3. The normalized spacial score (nSPS) is 15.8. The van der Waals surface area contributed by atoms with Gasteiger partial charge in [-0.2, -0.15) is 0 Å². The summed E-state index contributed by atoms with van der Waals surface area (Å²) >= 11 is 0. The molecule has 0 saturated carbocycles. The molecule has 0 radical (unpaired) electrons. The predicted octanol–water partition coefficient (Wildman–Crippen LogP) is 3.93. The molecule has 4 rings (SSSR count). The predicted molar refractivity (Wildman–Crippen MR) is 82.0 cm³/mol. The van der Waals surface area contributed by atoms with Gasteiger partial charge >= 0.3 is 0 Å². The van der Waals surface area contributed by atoms with Crippen molar-refractivity contribution in [1.29, 1.82) is 0 Å². The standard InChI is InChI=1S/C18H14O3/c1-10-14-9-11(20-2)7-8-12(14)18-16(10)17(19)13-5-3-4-6-15(13)21-18/h3-10H,1-2H3. The summed E-state index contributed by atoms with van der Waals surface area (Å²) in [6, 6.07) is 13.2. The van der Waals surface area contributed by atoms with Crippen LogP contribution in [-0.2, 0) is 0 Å². The Morgan fingerprint density at radius 3 is 2.76 bits per heavy atom. The highest BCUT2D eigenvalue weighted by atomic mass is 16.5. The Bertz CT molecular complexity index is 921. The molecule has 0 aliphatic heterocycles. The van der Waals surface area contributed by atoms with Gasteiger partial charge in [0, 0.05) is 11.5 Å². The maximum Gasteiger partial charge on any atom is 0.197 e. The van der Waals surface area contributed by atoms with Gasteiger partial charge in [-0.15, -0.1) is 0 Å². The van der Waals surface area contributed by atoms with Crippen molar-refractivity contribution in [3.8, 4) is 17.1 Å². The smallest absolute Gasteiger partial charge is 0.197 e. The lowest BCUT2D eigenvalue weighted by Gasteiger charge is -2.06. The molecule has 1 aliphatic carbocycles. The van der Waals surface area contributed by atoms with E-state index in [4.69, 9.17) is 9.15 Å². The molecule has 0 bridgehead atoms. The summed E-state index contributed by atoms with van der Waals surface area (Å²) in [5.74, 6) is 1.51. The first-order chi connectivity index (χ1) is 10.2. The van der Waals surface area contributed by atoms with Crippen LogP contribution in [0.25, 0.3) is 22.3 Å². The first-order valence-electron chi connectivity index (χ1n) is 6.94. The third-order valence-electron chi connectivity index (χ3n) is 4.24. The fourth-order valence-corrected chi connectivity index (χ4v) is 3.14. The Balaban J connectivity index is 2.09. The van der Waals surface area contributed by atoms with Gasteiger partial charge in [-0.1, -0.05) is 19.1 Å². The van der Waals surface area contributed by atoms with Crippen LogP contribution in [0.5, 0.6) is 5.75 Å². The molecule has 1 aromatic heterocycles. The molecule has 0 saturated heterocycles. The first-order valence-corrected chi connectivity index (χ1v) is 6.94. The van der Waals surface area contributed by atoms with Crippen molar-refractivity contribution in [1.82, 2.24) is 0 Å². The van der Waals surface area contributed by atoms with Gasteiger partial charge < -0.3 is 9.15 Å². The fraction of sp³-hybridized carbons (Fsp3) is 0.167. The Labute approximate surface area is 121 Å². The van der Waals surface area contributed by atoms with Crippen LogP contribution in [0.3, 0.4) is 0 Å². The molecule has 0 spiro atoms. The lowest BCUT2D eigenvalue weighted by molar-refractivity contribution is 0.414. The van der Waals surface area contributed by atoms with Crippen molar-refractivity contribution in [2.45, 2.75) is 12.8 Å². The minimum atomic E-state index is 0.0194. The molecule has 21 heavy (non-hydrogen) atoms. The highest BCUT2D eigenvalue weighted by Gasteiger charge is 2.31. The lowest BCUT2D eigenvalue weighted by atomic mass is 9.98. The molecule has 3 nitrogen and oxygen atoms in total. The molecule has 1 heterocycles. The van der Waals surface area contributed by atoms with Crippen LogP contribution in [-0.4, -0.2) is 7.11 Å². The van der Waals surface area contributed by atoms with E-state index < -0.39 is 0 Å². The maximum atomic E-state index is 12.8. The average molecular weight is 278 g/mol. The monoisotopic (exact) mass is 278 g/mol. The van der Waals surface area contributed by atoms with E-state index in [2.05, 4.69) is 0 Å². The van der Waals surface area contributed by atoms with Gasteiger partial charge in [-0.3, -0.25) is 4.79 Å². The van der Waals surface area contributed by atoms with E-state index in [1.54, 1.807) is 7.11 Å². The second-order valence-electron chi connectivity index (χ2n) is 5.35. The van der Waals surface area contributed by atoms with Crippen LogP contribution < -0.4 is 10.2 Å². The molecule has 1 aliphatic rings. The summed E-state index contributed by atoms with van der Waals surface area (Å²) in [6.45, 7) is 2.04. The Hall–Kier alpha value is -2.55. The molecule has 0 amide bonds. The highest BCUT2D eigenvalue weighted by molar-refractivity contribution is 5.84. The van der Waals surface area contributed by atoms with Crippen molar-refractivity contribution in [2.75, 3.05) is 7.11 Å². The molecule has 1 unspecified atom stereocenters. The molecule has 0 N–H and O–H groups in total. The molecular weight excluding hydrogens is 264 g/mol. The molecule has 104 valence electrons. The summed E-state index contributed by atoms with van der Waals surface area (Å²) in [6.07, 6.45) is 0. The van der Waals surface area contributed by atoms with E-state index in [0.29, 0.717) is 16.7 Å². The minimum Gasteiger partial charge on any atom is -0.497 e. The van der Waals surface area contributed by atoms with Crippen LogP contribution in [0, 0.1) is 0 Å². The number of hydrogen-bond acceptors (Lipinski definition) is 3. The number of rotatable bonds is 1. The van der Waals surface area contributed by atoms with Crippen molar-refractivity contribution in [3.05, 3.63) is 63.8 Å². The van der Waals surface area contributed by atoms with E-state index in [1.807, 2.05) is 49.4 Å². The van der Waals surface area contributed by atoms with Gasteiger partial charge in [0.25, 0.3) is 0 Å². The Morgan fingerprint density at radius 1 is 1.14 bits per heavy atom. The van der Waals surface area contributed by atoms with Crippen molar-refractivity contribution in [2.24, 2.45) is 0 Å².